The number of methoxy groups -OCH3 is 1. The zero-order valence-electron chi connectivity index (χ0n) is 8.93. The van der Waals surface area contributed by atoms with E-state index in [-0.39, 0.29) is 11.3 Å². The lowest BCUT2D eigenvalue weighted by Crippen LogP contribution is -2.43. The van der Waals surface area contributed by atoms with Crippen LogP contribution in [-0.2, 0) is 4.79 Å². The largest absolute Gasteiger partial charge is 0.496 e. The second kappa shape index (κ2) is 4.32. The first kappa shape index (κ1) is 12.2. The number of ketones is 1. The second-order valence-electron chi connectivity index (χ2n) is 3.41. The third-order valence-electron chi connectivity index (χ3n) is 2.21. The highest BCUT2D eigenvalue weighted by molar-refractivity contribution is 6.15. The van der Waals surface area contributed by atoms with E-state index < -0.39 is 17.4 Å². The van der Waals surface area contributed by atoms with Crippen molar-refractivity contribution < 1.29 is 24.5 Å². The molecule has 0 aliphatic heterocycles. The normalized spacial score (nSPS) is 13.9. The minimum absolute atomic E-state index is 0.0393. The number of benzene rings is 1. The summed E-state index contributed by atoms with van der Waals surface area (Å²) < 4.78 is 4.92. The van der Waals surface area contributed by atoms with Gasteiger partial charge in [0.05, 0.1) is 12.7 Å². The molecule has 5 heteroatoms. The fourth-order valence-electron chi connectivity index (χ4n) is 1.19. The highest BCUT2D eigenvalue weighted by Gasteiger charge is 2.40. The van der Waals surface area contributed by atoms with E-state index in [1.165, 1.54) is 19.2 Å². The number of hydrogen-bond donors (Lipinski definition) is 2. The molecule has 0 bridgehead atoms. The molecule has 0 saturated heterocycles. The third-order valence-corrected chi connectivity index (χ3v) is 2.21. The smallest absolute Gasteiger partial charge is 0.343 e. The van der Waals surface area contributed by atoms with Gasteiger partial charge in [0, 0.05) is 0 Å². The van der Waals surface area contributed by atoms with Crippen molar-refractivity contribution in [2.45, 2.75) is 12.5 Å². The van der Waals surface area contributed by atoms with Crippen molar-refractivity contribution in [2.24, 2.45) is 0 Å². The predicted molar refractivity (Wildman–Crippen MR) is 55.6 cm³/mol. The van der Waals surface area contributed by atoms with Gasteiger partial charge in [0.1, 0.15) is 5.75 Å². The van der Waals surface area contributed by atoms with Gasteiger partial charge >= 0.3 is 5.97 Å². The van der Waals surface area contributed by atoms with Crippen molar-refractivity contribution in [1.82, 2.24) is 0 Å². The van der Waals surface area contributed by atoms with E-state index in [9.17, 15) is 14.7 Å². The van der Waals surface area contributed by atoms with Crippen molar-refractivity contribution in [3.8, 4) is 5.75 Å². The number of carboxylic acids is 1. The highest BCUT2D eigenvalue weighted by Crippen LogP contribution is 2.22. The highest BCUT2D eigenvalue weighted by atomic mass is 16.5. The van der Waals surface area contributed by atoms with Crippen LogP contribution in [0, 0.1) is 0 Å². The molecule has 0 radical (unpaired) electrons. The molecule has 0 aromatic heterocycles. The van der Waals surface area contributed by atoms with Crippen LogP contribution in [0.5, 0.6) is 5.75 Å². The number of hydrogen-bond acceptors (Lipinski definition) is 4. The Morgan fingerprint density at radius 2 is 1.88 bits per heavy atom. The summed E-state index contributed by atoms with van der Waals surface area (Å²) >= 11 is 0. The van der Waals surface area contributed by atoms with E-state index in [0.29, 0.717) is 0 Å². The molecule has 0 aliphatic carbocycles. The Kier molecular flexibility index (Phi) is 3.29. The Hall–Kier alpha value is -1.88. The van der Waals surface area contributed by atoms with E-state index in [1.807, 2.05) is 0 Å². The van der Waals surface area contributed by atoms with Gasteiger partial charge in [0.15, 0.2) is 0 Å². The number of carbonyl (C=O) groups excluding carboxylic acids is 1. The minimum Gasteiger partial charge on any atom is -0.496 e. The summed E-state index contributed by atoms with van der Waals surface area (Å²) in [4.78, 5) is 22.5. The average molecular weight is 224 g/mol. The van der Waals surface area contributed by atoms with Crippen LogP contribution < -0.4 is 4.74 Å². The first-order valence-electron chi connectivity index (χ1n) is 4.55. The number of para-hydroxylation sites is 1. The summed E-state index contributed by atoms with van der Waals surface area (Å²) in [6, 6.07) is 6.13. The van der Waals surface area contributed by atoms with Gasteiger partial charge in [-0.05, 0) is 19.1 Å². The van der Waals surface area contributed by atoms with Gasteiger partial charge < -0.3 is 14.9 Å². The van der Waals surface area contributed by atoms with Gasteiger partial charge in [0.25, 0.3) is 0 Å². The van der Waals surface area contributed by atoms with Crippen molar-refractivity contribution in [3.63, 3.8) is 0 Å². The molecule has 0 amide bonds. The standard InChI is InChI=1S/C11H12O5/c1-11(15,10(13)14)9(12)7-5-3-4-6-8(7)16-2/h3-6,15H,1-2H3,(H,13,14). The molecule has 5 nitrogen and oxygen atoms in total. The summed E-state index contributed by atoms with van der Waals surface area (Å²) in [6.45, 7) is 0.935. The number of Topliss-reactive ketones (excluding diaryl/α,β-unsaturated/α-hetero) is 1. The molecular weight excluding hydrogens is 212 g/mol. The lowest BCUT2D eigenvalue weighted by molar-refractivity contribution is -0.151. The third kappa shape index (κ3) is 2.04. The Morgan fingerprint density at radius 3 is 2.38 bits per heavy atom. The van der Waals surface area contributed by atoms with E-state index >= 15 is 0 Å². The maximum absolute atomic E-state index is 11.8. The fraction of sp³-hybridized carbons (Fsp3) is 0.273. The van der Waals surface area contributed by atoms with Crippen LogP contribution in [-0.4, -0.2) is 34.7 Å². The molecular formula is C11H12O5. The van der Waals surface area contributed by atoms with E-state index in [2.05, 4.69) is 0 Å². The van der Waals surface area contributed by atoms with Crippen LogP contribution >= 0.6 is 0 Å². The fourth-order valence-corrected chi connectivity index (χ4v) is 1.19. The van der Waals surface area contributed by atoms with E-state index in [0.717, 1.165) is 6.92 Å². The Bertz CT molecular complexity index is 422. The van der Waals surface area contributed by atoms with Crippen molar-refractivity contribution in [1.29, 1.82) is 0 Å². The minimum atomic E-state index is -2.45. The molecule has 1 unspecified atom stereocenters. The van der Waals surface area contributed by atoms with Crippen LogP contribution in [0.3, 0.4) is 0 Å². The molecule has 0 fully saturated rings. The first-order chi connectivity index (χ1) is 7.41. The van der Waals surface area contributed by atoms with Crippen LogP contribution in [0.2, 0.25) is 0 Å². The van der Waals surface area contributed by atoms with Crippen molar-refractivity contribution in [3.05, 3.63) is 29.8 Å². The van der Waals surface area contributed by atoms with Crippen LogP contribution in [0.15, 0.2) is 24.3 Å². The number of rotatable bonds is 4. The SMILES string of the molecule is COc1ccccc1C(=O)C(C)(O)C(=O)O. The predicted octanol–water partition coefficient (Wildman–Crippen LogP) is 0.713. The van der Waals surface area contributed by atoms with Gasteiger partial charge in [-0.3, -0.25) is 4.79 Å². The molecule has 2 N–H and O–H groups in total. The summed E-state index contributed by atoms with van der Waals surface area (Å²) in [5, 5.41) is 18.3. The van der Waals surface area contributed by atoms with Gasteiger partial charge in [-0.15, -0.1) is 0 Å². The zero-order chi connectivity index (χ0) is 12.3. The number of carboxylic acid groups (broad SMARTS) is 1. The first-order valence-corrected chi connectivity index (χ1v) is 4.55. The van der Waals surface area contributed by atoms with Crippen LogP contribution in [0.1, 0.15) is 17.3 Å². The Morgan fingerprint density at radius 1 is 1.31 bits per heavy atom. The molecule has 0 heterocycles. The average Bonchev–Trinajstić information content (AvgIpc) is 2.27. The monoisotopic (exact) mass is 224 g/mol. The molecule has 0 spiro atoms. The van der Waals surface area contributed by atoms with Crippen LogP contribution in [0.25, 0.3) is 0 Å². The Balaban J connectivity index is 3.19. The van der Waals surface area contributed by atoms with E-state index in [4.69, 9.17) is 9.84 Å². The van der Waals surface area contributed by atoms with Crippen molar-refractivity contribution in [2.75, 3.05) is 7.11 Å². The lowest BCUT2D eigenvalue weighted by atomic mass is 9.94. The molecule has 0 saturated carbocycles. The van der Waals surface area contributed by atoms with Gasteiger partial charge in [0.2, 0.25) is 11.4 Å². The zero-order valence-corrected chi connectivity index (χ0v) is 8.93. The van der Waals surface area contributed by atoms with Crippen LogP contribution in [0.4, 0.5) is 0 Å². The number of ether oxygens (including phenoxy) is 1. The molecule has 1 atom stereocenters. The summed E-state index contributed by atoms with van der Waals surface area (Å²) in [7, 11) is 1.36. The molecule has 1 aromatic rings. The Labute approximate surface area is 92.3 Å². The van der Waals surface area contributed by atoms with Gasteiger partial charge in [-0.1, -0.05) is 12.1 Å². The molecule has 0 aliphatic rings. The second-order valence-corrected chi connectivity index (χ2v) is 3.41. The van der Waals surface area contributed by atoms with Gasteiger partial charge in [-0.2, -0.15) is 0 Å². The number of carbonyl (C=O) groups is 2. The van der Waals surface area contributed by atoms with Crippen molar-refractivity contribution >= 4 is 11.8 Å². The lowest BCUT2D eigenvalue weighted by Gasteiger charge is -2.17. The van der Waals surface area contributed by atoms with Gasteiger partial charge in [-0.25, -0.2) is 4.79 Å². The number of aliphatic carboxylic acids is 1. The topological polar surface area (TPSA) is 83.8 Å². The molecule has 86 valence electrons. The summed E-state index contributed by atoms with van der Waals surface area (Å²) in [5.41, 5.74) is -2.41. The maximum atomic E-state index is 11.8. The summed E-state index contributed by atoms with van der Waals surface area (Å²) in [6.07, 6.45) is 0. The number of aliphatic hydroxyl groups is 1. The quantitative estimate of drug-likeness (QED) is 0.581. The molecule has 1 aromatic carbocycles. The van der Waals surface area contributed by atoms with E-state index in [1.54, 1.807) is 12.1 Å². The molecule has 16 heavy (non-hydrogen) atoms. The summed E-state index contributed by atoms with van der Waals surface area (Å²) in [5.74, 6) is -2.27. The maximum Gasteiger partial charge on any atom is 0.343 e. The molecule has 1 rings (SSSR count).